The molecule has 1 unspecified atom stereocenters. The van der Waals surface area contributed by atoms with Gasteiger partial charge in [-0.1, -0.05) is 18.2 Å². The molecule has 2 nitrogen and oxygen atoms in total. The summed E-state index contributed by atoms with van der Waals surface area (Å²) in [7, 11) is 0. The van der Waals surface area contributed by atoms with Crippen LogP contribution in [0.1, 0.15) is 31.1 Å². The summed E-state index contributed by atoms with van der Waals surface area (Å²) < 4.78 is 37.9. The van der Waals surface area contributed by atoms with Crippen LogP contribution < -0.4 is 5.73 Å². The standard InChI is InChI=1S/C11H14F3NO/c1-10(2,15)9(16)7-5-3-4-6-8(7)11(12,13)14/h3-6,9,16H,15H2,1-2H3. The van der Waals surface area contributed by atoms with Gasteiger partial charge < -0.3 is 10.8 Å². The first-order valence-corrected chi connectivity index (χ1v) is 4.77. The van der Waals surface area contributed by atoms with Crippen LogP contribution in [0.5, 0.6) is 0 Å². The summed E-state index contributed by atoms with van der Waals surface area (Å²) in [4.78, 5) is 0. The van der Waals surface area contributed by atoms with E-state index in [1.165, 1.54) is 32.0 Å². The summed E-state index contributed by atoms with van der Waals surface area (Å²) in [6.07, 6.45) is -5.84. The summed E-state index contributed by atoms with van der Waals surface area (Å²) in [5.41, 5.74) is 3.44. The predicted molar refractivity (Wildman–Crippen MR) is 54.7 cm³/mol. The van der Waals surface area contributed by atoms with E-state index in [4.69, 9.17) is 5.73 Å². The van der Waals surface area contributed by atoms with Gasteiger partial charge in [0.15, 0.2) is 0 Å². The highest BCUT2D eigenvalue weighted by Gasteiger charge is 2.37. The molecule has 0 bridgehead atoms. The molecule has 0 aromatic heterocycles. The Labute approximate surface area is 91.9 Å². The van der Waals surface area contributed by atoms with E-state index in [0.717, 1.165) is 6.07 Å². The van der Waals surface area contributed by atoms with Gasteiger partial charge >= 0.3 is 6.18 Å². The van der Waals surface area contributed by atoms with E-state index in [9.17, 15) is 18.3 Å². The fraction of sp³-hybridized carbons (Fsp3) is 0.455. The van der Waals surface area contributed by atoms with E-state index in [0.29, 0.717) is 0 Å². The highest BCUT2D eigenvalue weighted by Crippen LogP contribution is 2.36. The van der Waals surface area contributed by atoms with Crippen molar-refractivity contribution in [2.75, 3.05) is 0 Å². The number of benzene rings is 1. The van der Waals surface area contributed by atoms with Crippen LogP contribution in [0.15, 0.2) is 24.3 Å². The largest absolute Gasteiger partial charge is 0.416 e. The molecule has 5 heteroatoms. The van der Waals surface area contributed by atoms with E-state index in [2.05, 4.69) is 0 Å². The van der Waals surface area contributed by atoms with E-state index in [-0.39, 0.29) is 5.56 Å². The zero-order valence-corrected chi connectivity index (χ0v) is 9.05. The van der Waals surface area contributed by atoms with Gasteiger partial charge in [-0.2, -0.15) is 13.2 Å². The molecule has 1 aromatic carbocycles. The van der Waals surface area contributed by atoms with Gasteiger partial charge in [-0.25, -0.2) is 0 Å². The first-order chi connectivity index (χ1) is 7.14. The molecule has 0 saturated heterocycles. The molecule has 1 aromatic rings. The molecular weight excluding hydrogens is 219 g/mol. The third kappa shape index (κ3) is 2.74. The molecule has 0 saturated carbocycles. The van der Waals surface area contributed by atoms with Crippen LogP contribution in [0.4, 0.5) is 13.2 Å². The zero-order chi connectivity index (χ0) is 12.6. The Bertz CT molecular complexity index is 368. The number of aliphatic hydroxyl groups excluding tert-OH is 1. The average molecular weight is 233 g/mol. The normalized spacial score (nSPS) is 14.9. The highest BCUT2D eigenvalue weighted by atomic mass is 19.4. The van der Waals surface area contributed by atoms with Gasteiger partial charge in [-0.05, 0) is 25.5 Å². The van der Waals surface area contributed by atoms with Gasteiger partial charge in [0.1, 0.15) is 0 Å². The van der Waals surface area contributed by atoms with Crippen molar-refractivity contribution in [2.24, 2.45) is 5.73 Å². The van der Waals surface area contributed by atoms with E-state index >= 15 is 0 Å². The Morgan fingerprint density at radius 1 is 1.19 bits per heavy atom. The van der Waals surface area contributed by atoms with Crippen molar-refractivity contribution < 1.29 is 18.3 Å². The Balaban J connectivity index is 3.25. The number of rotatable bonds is 2. The van der Waals surface area contributed by atoms with Gasteiger partial charge in [-0.3, -0.25) is 0 Å². The minimum absolute atomic E-state index is 0.192. The second kappa shape index (κ2) is 4.07. The van der Waals surface area contributed by atoms with Crippen LogP contribution in [0.2, 0.25) is 0 Å². The second-order valence-corrected chi connectivity index (χ2v) is 4.31. The first-order valence-electron chi connectivity index (χ1n) is 4.77. The highest BCUT2D eigenvalue weighted by molar-refractivity contribution is 5.33. The van der Waals surface area contributed by atoms with E-state index in [1.807, 2.05) is 0 Å². The number of aliphatic hydroxyl groups is 1. The van der Waals surface area contributed by atoms with Crippen molar-refractivity contribution in [3.8, 4) is 0 Å². The molecule has 0 aliphatic carbocycles. The van der Waals surface area contributed by atoms with Crippen LogP contribution >= 0.6 is 0 Å². The van der Waals surface area contributed by atoms with Crippen molar-refractivity contribution in [3.05, 3.63) is 35.4 Å². The molecule has 0 aliphatic rings. The van der Waals surface area contributed by atoms with Gasteiger partial charge in [0.05, 0.1) is 11.7 Å². The second-order valence-electron chi connectivity index (χ2n) is 4.31. The zero-order valence-electron chi connectivity index (χ0n) is 9.05. The van der Waals surface area contributed by atoms with Crippen LogP contribution in [0.25, 0.3) is 0 Å². The van der Waals surface area contributed by atoms with Gasteiger partial charge in [-0.15, -0.1) is 0 Å². The van der Waals surface area contributed by atoms with Crippen LogP contribution in [-0.2, 0) is 6.18 Å². The van der Waals surface area contributed by atoms with E-state index in [1.54, 1.807) is 0 Å². The van der Waals surface area contributed by atoms with Crippen molar-refractivity contribution in [2.45, 2.75) is 31.7 Å². The van der Waals surface area contributed by atoms with Crippen molar-refractivity contribution in [1.29, 1.82) is 0 Å². The first kappa shape index (κ1) is 13.0. The molecule has 90 valence electrons. The van der Waals surface area contributed by atoms with Gasteiger partial charge in [0, 0.05) is 5.54 Å². The molecule has 0 fully saturated rings. The molecular formula is C11H14F3NO. The lowest BCUT2D eigenvalue weighted by Crippen LogP contribution is -2.40. The summed E-state index contributed by atoms with van der Waals surface area (Å²) in [6, 6.07) is 4.90. The Kier molecular flexibility index (Phi) is 3.30. The van der Waals surface area contributed by atoms with E-state index < -0.39 is 23.4 Å². The molecule has 0 radical (unpaired) electrons. The monoisotopic (exact) mass is 233 g/mol. The van der Waals surface area contributed by atoms with Gasteiger partial charge in [0.2, 0.25) is 0 Å². The van der Waals surface area contributed by atoms with Crippen LogP contribution in [0, 0.1) is 0 Å². The maximum absolute atomic E-state index is 12.6. The molecule has 16 heavy (non-hydrogen) atoms. The smallest absolute Gasteiger partial charge is 0.386 e. The third-order valence-electron chi connectivity index (χ3n) is 2.27. The molecule has 0 amide bonds. The fourth-order valence-electron chi connectivity index (χ4n) is 1.39. The Hall–Kier alpha value is -1.07. The number of hydrogen-bond donors (Lipinski definition) is 2. The number of halogens is 3. The molecule has 0 spiro atoms. The van der Waals surface area contributed by atoms with Crippen molar-refractivity contribution in [3.63, 3.8) is 0 Å². The average Bonchev–Trinajstić information content (AvgIpc) is 2.14. The maximum atomic E-state index is 12.6. The van der Waals surface area contributed by atoms with Crippen LogP contribution in [0.3, 0.4) is 0 Å². The lowest BCUT2D eigenvalue weighted by atomic mass is 9.89. The van der Waals surface area contributed by atoms with Gasteiger partial charge in [0.25, 0.3) is 0 Å². The minimum atomic E-state index is -4.48. The summed E-state index contributed by atoms with van der Waals surface area (Å²) in [5, 5.41) is 9.78. The molecule has 0 heterocycles. The minimum Gasteiger partial charge on any atom is -0.386 e. The third-order valence-corrected chi connectivity index (χ3v) is 2.27. The Morgan fingerprint density at radius 2 is 1.69 bits per heavy atom. The summed E-state index contributed by atoms with van der Waals surface area (Å²) >= 11 is 0. The summed E-state index contributed by atoms with van der Waals surface area (Å²) in [6.45, 7) is 2.95. The lowest BCUT2D eigenvalue weighted by molar-refractivity contribution is -0.139. The van der Waals surface area contributed by atoms with Crippen LogP contribution in [-0.4, -0.2) is 10.6 Å². The maximum Gasteiger partial charge on any atom is 0.416 e. The number of nitrogens with two attached hydrogens (primary N) is 1. The molecule has 3 N–H and O–H groups in total. The van der Waals surface area contributed by atoms with Crippen molar-refractivity contribution in [1.82, 2.24) is 0 Å². The predicted octanol–water partition coefficient (Wildman–Crippen LogP) is 2.48. The lowest BCUT2D eigenvalue weighted by Gasteiger charge is -2.28. The number of alkyl halides is 3. The fourth-order valence-corrected chi connectivity index (χ4v) is 1.39. The SMILES string of the molecule is CC(C)(N)C(O)c1ccccc1C(F)(F)F. The molecule has 0 aliphatic heterocycles. The molecule has 1 rings (SSSR count). The Morgan fingerprint density at radius 3 is 2.12 bits per heavy atom. The topological polar surface area (TPSA) is 46.2 Å². The van der Waals surface area contributed by atoms with Crippen molar-refractivity contribution >= 4 is 0 Å². The number of hydrogen-bond acceptors (Lipinski definition) is 2. The molecule has 1 atom stereocenters. The quantitative estimate of drug-likeness (QED) is 0.824. The summed E-state index contributed by atoms with van der Waals surface area (Å²) in [5.74, 6) is 0.